The molecule has 0 radical (unpaired) electrons. The molecule has 1 nitrogen and oxygen atoms in total. The van der Waals surface area contributed by atoms with Gasteiger partial charge in [0.15, 0.2) is 0 Å². The van der Waals surface area contributed by atoms with E-state index in [9.17, 15) is 4.79 Å². The van der Waals surface area contributed by atoms with Gasteiger partial charge in [-0.05, 0) is 29.8 Å². The molecule has 0 fully saturated rings. The van der Waals surface area contributed by atoms with Crippen molar-refractivity contribution in [2.45, 2.75) is 0 Å². The van der Waals surface area contributed by atoms with Crippen LogP contribution in [0.1, 0.15) is 10.4 Å². The SMILES string of the molecule is O=C(Cl)c1c#cc(Cl)cc1. The fourth-order valence-electron chi connectivity index (χ4n) is 0.482. The van der Waals surface area contributed by atoms with Crippen molar-refractivity contribution in [3.05, 3.63) is 34.9 Å². The van der Waals surface area contributed by atoms with E-state index in [1.807, 2.05) is 0 Å². The minimum atomic E-state index is -0.548. The smallest absolute Gasteiger partial charge is 0.260 e. The van der Waals surface area contributed by atoms with Crippen molar-refractivity contribution in [3.8, 4) is 0 Å². The van der Waals surface area contributed by atoms with Crippen molar-refractivity contribution < 1.29 is 4.79 Å². The molecule has 10 heavy (non-hydrogen) atoms. The summed E-state index contributed by atoms with van der Waals surface area (Å²) in [5, 5.41) is -0.130. The highest BCUT2D eigenvalue weighted by Gasteiger charge is 1.97. The summed E-state index contributed by atoms with van der Waals surface area (Å²) in [4.78, 5) is 10.4. The Balaban J connectivity index is 3.00. The zero-order chi connectivity index (χ0) is 7.56. The van der Waals surface area contributed by atoms with Gasteiger partial charge >= 0.3 is 0 Å². The van der Waals surface area contributed by atoms with Crippen molar-refractivity contribution in [2.24, 2.45) is 0 Å². The molecule has 1 aromatic rings. The predicted octanol–water partition coefficient (Wildman–Crippen LogP) is 2.32. The summed E-state index contributed by atoms with van der Waals surface area (Å²) in [7, 11) is 0. The monoisotopic (exact) mass is 172 g/mol. The summed E-state index contributed by atoms with van der Waals surface area (Å²) < 4.78 is 0. The fourth-order valence-corrected chi connectivity index (χ4v) is 0.702. The van der Waals surface area contributed by atoms with E-state index < -0.39 is 5.24 Å². The quantitative estimate of drug-likeness (QED) is 0.595. The van der Waals surface area contributed by atoms with Gasteiger partial charge in [-0.15, -0.1) is 0 Å². The van der Waals surface area contributed by atoms with Gasteiger partial charge in [0.25, 0.3) is 5.24 Å². The molecule has 0 aromatic heterocycles. The van der Waals surface area contributed by atoms with Crippen molar-refractivity contribution in [1.29, 1.82) is 0 Å². The molecule has 0 N–H and O–H groups in total. The summed E-state index contributed by atoms with van der Waals surface area (Å²) in [6.07, 6.45) is 0. The Morgan fingerprint density at radius 2 is 2.10 bits per heavy atom. The van der Waals surface area contributed by atoms with Gasteiger partial charge in [-0.25, -0.2) is 0 Å². The Kier molecular flexibility index (Phi) is 2.16. The fraction of sp³-hybridized carbons (Fsp3) is 0. The second-order valence-corrected chi connectivity index (χ2v) is 2.37. The number of hydrogen-bond acceptors (Lipinski definition) is 1. The van der Waals surface area contributed by atoms with Crippen LogP contribution in [0.5, 0.6) is 0 Å². The minimum Gasteiger partial charge on any atom is -0.275 e. The molecule has 0 atom stereocenters. The molecule has 0 spiro atoms. The first-order valence-electron chi connectivity index (χ1n) is 2.49. The maximum absolute atomic E-state index is 10.4. The highest BCUT2D eigenvalue weighted by Crippen LogP contribution is 2.05. The van der Waals surface area contributed by atoms with Crippen LogP contribution in [0.15, 0.2) is 12.1 Å². The van der Waals surface area contributed by atoms with Gasteiger partial charge in [0, 0.05) is 0 Å². The van der Waals surface area contributed by atoms with E-state index in [-0.39, 0.29) is 5.56 Å². The minimum absolute atomic E-state index is 0.283. The van der Waals surface area contributed by atoms with E-state index in [1.54, 1.807) is 0 Å². The van der Waals surface area contributed by atoms with Crippen LogP contribution in [0.25, 0.3) is 0 Å². The molecular weight excluding hydrogens is 171 g/mol. The van der Waals surface area contributed by atoms with Crippen molar-refractivity contribution in [1.82, 2.24) is 0 Å². The second-order valence-electron chi connectivity index (χ2n) is 1.62. The zero-order valence-corrected chi connectivity index (χ0v) is 6.33. The van der Waals surface area contributed by atoms with Crippen LogP contribution < -0.4 is 0 Å². The summed E-state index contributed by atoms with van der Waals surface area (Å²) in [5.74, 6) is 0. The van der Waals surface area contributed by atoms with Crippen molar-refractivity contribution in [2.75, 3.05) is 0 Å². The van der Waals surface area contributed by atoms with Gasteiger partial charge in [0.05, 0.1) is 10.6 Å². The van der Waals surface area contributed by atoms with E-state index in [0.717, 1.165) is 0 Å². The largest absolute Gasteiger partial charge is 0.275 e. The van der Waals surface area contributed by atoms with Crippen LogP contribution in [-0.4, -0.2) is 5.24 Å². The maximum Gasteiger partial charge on any atom is 0.260 e. The Morgan fingerprint density at radius 1 is 1.40 bits per heavy atom. The average molecular weight is 173 g/mol. The Labute approximate surface area is 68.6 Å². The predicted molar refractivity (Wildman–Crippen MR) is 39.3 cm³/mol. The number of carbonyl (C=O) groups is 1. The molecule has 0 aliphatic heterocycles. The standard InChI is InChI=1S/C7H2Cl2O/c8-6-3-1-5(2-4-6)7(9)10/h1,3H. The van der Waals surface area contributed by atoms with E-state index in [2.05, 4.69) is 12.1 Å². The summed E-state index contributed by atoms with van der Waals surface area (Å²) in [6, 6.07) is 8.04. The third kappa shape index (κ3) is 1.63. The first kappa shape index (κ1) is 7.40. The van der Waals surface area contributed by atoms with Gasteiger partial charge < -0.3 is 0 Å². The Bertz CT molecular complexity index is 240. The van der Waals surface area contributed by atoms with Crippen LogP contribution in [0, 0.1) is 12.1 Å². The molecule has 50 valence electrons. The Hall–Kier alpha value is -0.710. The van der Waals surface area contributed by atoms with Crippen molar-refractivity contribution >= 4 is 28.4 Å². The molecule has 0 saturated carbocycles. The topological polar surface area (TPSA) is 17.1 Å². The normalized spacial score (nSPS) is 8.60. The van der Waals surface area contributed by atoms with Crippen LogP contribution in [0.3, 0.4) is 0 Å². The lowest BCUT2D eigenvalue weighted by Gasteiger charge is -1.84. The molecule has 0 saturated heterocycles. The number of carbonyl (C=O) groups excluding carboxylic acids is 1. The van der Waals surface area contributed by atoms with Crippen molar-refractivity contribution in [3.63, 3.8) is 0 Å². The molecule has 0 bridgehead atoms. The highest BCUT2D eigenvalue weighted by atomic mass is 35.5. The van der Waals surface area contributed by atoms with Crippen LogP contribution in [-0.2, 0) is 0 Å². The van der Waals surface area contributed by atoms with Crippen LogP contribution in [0.2, 0.25) is 5.02 Å². The lowest BCUT2D eigenvalue weighted by molar-refractivity contribution is 0.108. The van der Waals surface area contributed by atoms with Gasteiger partial charge in [0.1, 0.15) is 0 Å². The van der Waals surface area contributed by atoms with E-state index in [0.29, 0.717) is 5.02 Å². The van der Waals surface area contributed by atoms with Crippen LogP contribution in [0.4, 0.5) is 0 Å². The lowest BCUT2D eigenvalue weighted by Crippen LogP contribution is -1.84. The molecule has 0 unspecified atom stereocenters. The summed E-state index contributed by atoms with van der Waals surface area (Å²) in [6.45, 7) is 0. The molecule has 0 heterocycles. The van der Waals surface area contributed by atoms with E-state index >= 15 is 0 Å². The number of hydrogen-bond donors (Lipinski definition) is 0. The van der Waals surface area contributed by atoms with Gasteiger partial charge in [-0.2, -0.15) is 0 Å². The third-order valence-electron chi connectivity index (χ3n) is 0.925. The maximum atomic E-state index is 10.4. The second kappa shape index (κ2) is 2.92. The molecule has 3 heteroatoms. The Morgan fingerprint density at radius 3 is 2.50 bits per heavy atom. The lowest BCUT2D eigenvalue weighted by atomic mass is 10.3. The molecule has 0 aliphatic rings. The van der Waals surface area contributed by atoms with Gasteiger partial charge in [-0.3, -0.25) is 4.79 Å². The molecule has 1 aromatic carbocycles. The number of rotatable bonds is 1. The van der Waals surface area contributed by atoms with E-state index in [1.165, 1.54) is 12.1 Å². The molecule has 0 amide bonds. The van der Waals surface area contributed by atoms with Gasteiger partial charge in [0.2, 0.25) is 0 Å². The summed E-state index contributed by atoms with van der Waals surface area (Å²) in [5.41, 5.74) is 0.283. The average Bonchev–Trinajstić information content (AvgIpc) is 1.88. The first-order chi connectivity index (χ1) is 4.70. The number of halogens is 2. The van der Waals surface area contributed by atoms with Gasteiger partial charge in [-0.1, -0.05) is 17.7 Å². The first-order valence-corrected chi connectivity index (χ1v) is 3.25. The third-order valence-corrected chi connectivity index (χ3v) is 1.35. The molecule has 0 aliphatic carbocycles. The highest BCUT2D eigenvalue weighted by molar-refractivity contribution is 6.67. The zero-order valence-electron chi connectivity index (χ0n) is 4.82. The van der Waals surface area contributed by atoms with Crippen LogP contribution >= 0.6 is 23.2 Å². The molecule has 1 rings (SSSR count). The van der Waals surface area contributed by atoms with E-state index in [4.69, 9.17) is 23.2 Å². The summed E-state index contributed by atoms with van der Waals surface area (Å²) >= 11 is 10.6. The molecular formula is C7H2Cl2O.